The van der Waals surface area contributed by atoms with Gasteiger partial charge in [-0.3, -0.25) is 4.79 Å². The first-order chi connectivity index (χ1) is 12.5. The third kappa shape index (κ3) is 3.28. The Labute approximate surface area is 158 Å². The van der Waals surface area contributed by atoms with E-state index in [1.54, 1.807) is 12.3 Å². The van der Waals surface area contributed by atoms with Crippen molar-refractivity contribution in [2.24, 2.45) is 5.92 Å². The van der Waals surface area contributed by atoms with Crippen LogP contribution >= 0.6 is 11.6 Å². The van der Waals surface area contributed by atoms with Crippen LogP contribution in [0.1, 0.15) is 61.8 Å². The van der Waals surface area contributed by atoms with Crippen LogP contribution in [0.15, 0.2) is 18.5 Å². The average Bonchev–Trinajstić information content (AvgIpc) is 2.92. The molecule has 2 atom stereocenters. The number of fused-ring (bicyclic) bond motifs is 1. The Hall–Kier alpha value is -1.43. The molecule has 6 heteroatoms. The maximum Gasteiger partial charge on any atom is 0.165 e. The summed E-state index contributed by atoms with van der Waals surface area (Å²) in [7, 11) is 0. The van der Waals surface area contributed by atoms with Gasteiger partial charge in [0.1, 0.15) is 5.65 Å². The second-order valence-electron chi connectivity index (χ2n) is 7.98. The number of Topliss-reactive ketones (excluding diaryl/α,β-unsaturated/α-hetero) is 1. The zero-order chi connectivity index (χ0) is 18.3. The molecule has 0 spiro atoms. The molecular formula is C20H25ClN2O3. The van der Waals surface area contributed by atoms with Crippen molar-refractivity contribution in [2.75, 3.05) is 13.2 Å². The number of rotatable bonds is 5. The lowest BCUT2D eigenvalue weighted by molar-refractivity contribution is -0.0217. The van der Waals surface area contributed by atoms with Crippen LogP contribution in [-0.2, 0) is 4.74 Å². The topological polar surface area (TPSA) is 64.3 Å². The summed E-state index contributed by atoms with van der Waals surface area (Å²) in [4.78, 5) is 17.4. The molecule has 3 heterocycles. The molecule has 0 unspecified atom stereocenters. The number of ketones is 1. The highest BCUT2D eigenvalue weighted by Crippen LogP contribution is 2.37. The van der Waals surface area contributed by atoms with Gasteiger partial charge < -0.3 is 14.4 Å². The number of ether oxygens (including phenoxy) is 1. The molecular weight excluding hydrogens is 352 g/mol. The fourth-order valence-electron chi connectivity index (χ4n) is 4.35. The van der Waals surface area contributed by atoms with E-state index in [0.717, 1.165) is 36.7 Å². The van der Waals surface area contributed by atoms with E-state index >= 15 is 0 Å². The zero-order valence-corrected chi connectivity index (χ0v) is 15.8. The van der Waals surface area contributed by atoms with Gasteiger partial charge in [-0.25, -0.2) is 4.98 Å². The third-order valence-electron chi connectivity index (χ3n) is 5.86. The van der Waals surface area contributed by atoms with Gasteiger partial charge in [0.25, 0.3) is 0 Å². The van der Waals surface area contributed by atoms with Gasteiger partial charge in [-0.2, -0.15) is 0 Å². The molecule has 1 aliphatic heterocycles. The number of pyridine rings is 1. The molecule has 0 radical (unpaired) electrons. The molecule has 1 saturated carbocycles. The van der Waals surface area contributed by atoms with Gasteiger partial charge in [0.15, 0.2) is 5.78 Å². The lowest BCUT2D eigenvalue weighted by Crippen LogP contribution is -2.35. The summed E-state index contributed by atoms with van der Waals surface area (Å²) in [6, 6.07) is 1.92. The summed E-state index contributed by atoms with van der Waals surface area (Å²) < 4.78 is 7.30. The number of halogens is 1. The molecule has 0 aromatic carbocycles. The Bertz CT molecular complexity index is 830. The van der Waals surface area contributed by atoms with E-state index in [9.17, 15) is 9.90 Å². The molecule has 1 aliphatic carbocycles. The summed E-state index contributed by atoms with van der Waals surface area (Å²) >= 11 is 6.39. The molecule has 4 rings (SSSR count). The first-order valence-electron chi connectivity index (χ1n) is 9.45. The predicted molar refractivity (Wildman–Crippen MR) is 101 cm³/mol. The number of aliphatic hydroxyl groups is 1. The van der Waals surface area contributed by atoms with E-state index in [4.69, 9.17) is 16.3 Å². The maximum absolute atomic E-state index is 13.0. The average molecular weight is 377 g/mol. The number of aromatic nitrogens is 2. The number of hydrogen-bond donors (Lipinski definition) is 1. The Morgan fingerprint density at radius 2 is 2.31 bits per heavy atom. The zero-order valence-electron chi connectivity index (χ0n) is 15.1. The summed E-state index contributed by atoms with van der Waals surface area (Å²) in [6.45, 7) is 3.43. The summed E-state index contributed by atoms with van der Waals surface area (Å²) in [6.07, 6.45) is 8.13. The van der Waals surface area contributed by atoms with Gasteiger partial charge in [-0.15, -0.1) is 0 Å². The van der Waals surface area contributed by atoms with Gasteiger partial charge in [0, 0.05) is 29.8 Å². The van der Waals surface area contributed by atoms with Gasteiger partial charge in [0.2, 0.25) is 0 Å². The minimum absolute atomic E-state index is 0.0237. The maximum atomic E-state index is 13.0. The molecule has 140 valence electrons. The molecule has 1 N–H and O–H groups in total. The van der Waals surface area contributed by atoms with Crippen LogP contribution in [0.5, 0.6) is 0 Å². The summed E-state index contributed by atoms with van der Waals surface area (Å²) in [5.74, 6) is 0.540. The molecule has 26 heavy (non-hydrogen) atoms. The number of carbonyl (C=O) groups is 1. The first kappa shape index (κ1) is 18.0. The van der Waals surface area contributed by atoms with Crippen molar-refractivity contribution in [1.29, 1.82) is 0 Å². The largest absolute Gasteiger partial charge is 0.390 e. The van der Waals surface area contributed by atoms with Gasteiger partial charge in [-0.05, 0) is 31.2 Å². The highest BCUT2D eigenvalue weighted by atomic mass is 35.5. The Morgan fingerprint density at radius 3 is 3.00 bits per heavy atom. The fraction of sp³-hybridized carbons (Fsp3) is 0.600. The highest BCUT2D eigenvalue weighted by molar-refractivity contribution is 6.36. The van der Waals surface area contributed by atoms with E-state index in [1.165, 1.54) is 0 Å². The van der Waals surface area contributed by atoms with Crippen molar-refractivity contribution in [3.63, 3.8) is 0 Å². The Morgan fingerprint density at radius 1 is 1.50 bits per heavy atom. The van der Waals surface area contributed by atoms with E-state index in [0.29, 0.717) is 42.6 Å². The van der Waals surface area contributed by atoms with Gasteiger partial charge >= 0.3 is 0 Å². The van der Waals surface area contributed by atoms with Crippen LogP contribution in [0.4, 0.5) is 0 Å². The van der Waals surface area contributed by atoms with Crippen molar-refractivity contribution >= 4 is 28.4 Å². The molecule has 0 bridgehead atoms. The van der Waals surface area contributed by atoms with E-state index in [1.807, 2.05) is 10.8 Å². The van der Waals surface area contributed by atoms with Crippen LogP contribution in [0.25, 0.3) is 11.0 Å². The number of carbonyl (C=O) groups excluding carboxylic acids is 1. The lowest BCUT2D eigenvalue weighted by atomic mass is 9.76. The first-order valence-corrected chi connectivity index (χ1v) is 9.83. The second-order valence-corrected chi connectivity index (χ2v) is 8.39. The SMILES string of the molecule is C[C@@H]1CCC[C@](O)(CCC(=O)c2cn(C3COC3)c3nccc(Cl)c23)C1. The number of nitrogens with zero attached hydrogens (tertiary/aromatic N) is 2. The molecule has 2 fully saturated rings. The smallest absolute Gasteiger partial charge is 0.165 e. The van der Waals surface area contributed by atoms with Crippen molar-refractivity contribution < 1.29 is 14.6 Å². The standard InChI is InChI=1S/C20H25ClN2O3/c1-13-3-2-6-20(25,9-13)7-4-17(24)15-10-23(14-11-26-12-14)19-18(15)16(21)5-8-22-19/h5,8,10,13-14,25H,2-4,6-7,9,11-12H2,1H3/t13-,20+/m1/s1. The van der Waals surface area contributed by atoms with Crippen LogP contribution in [0.3, 0.4) is 0 Å². The lowest BCUT2D eigenvalue weighted by Gasteiger charge is -2.35. The molecule has 5 nitrogen and oxygen atoms in total. The van der Waals surface area contributed by atoms with E-state index in [-0.39, 0.29) is 11.8 Å². The van der Waals surface area contributed by atoms with Crippen LogP contribution < -0.4 is 0 Å². The molecule has 2 aliphatic rings. The van der Waals surface area contributed by atoms with Crippen LogP contribution in [-0.4, -0.2) is 39.3 Å². The molecule has 2 aromatic heterocycles. The van der Waals surface area contributed by atoms with Crippen molar-refractivity contribution in [1.82, 2.24) is 9.55 Å². The monoisotopic (exact) mass is 376 g/mol. The van der Waals surface area contributed by atoms with Gasteiger partial charge in [0.05, 0.1) is 29.9 Å². The molecule has 2 aromatic rings. The fourth-order valence-corrected chi connectivity index (χ4v) is 4.59. The highest BCUT2D eigenvalue weighted by Gasteiger charge is 2.33. The Balaban J connectivity index is 1.58. The molecule has 0 amide bonds. The van der Waals surface area contributed by atoms with Crippen LogP contribution in [0.2, 0.25) is 5.02 Å². The third-order valence-corrected chi connectivity index (χ3v) is 6.18. The van der Waals surface area contributed by atoms with Crippen LogP contribution in [0, 0.1) is 5.92 Å². The summed E-state index contributed by atoms with van der Waals surface area (Å²) in [5, 5.41) is 12.1. The van der Waals surface area contributed by atoms with Crippen molar-refractivity contribution in [3.8, 4) is 0 Å². The van der Waals surface area contributed by atoms with Gasteiger partial charge in [-0.1, -0.05) is 31.4 Å². The van der Waals surface area contributed by atoms with Crippen molar-refractivity contribution in [2.45, 2.75) is 57.1 Å². The second kappa shape index (κ2) is 6.95. The number of hydrogen-bond acceptors (Lipinski definition) is 4. The quantitative estimate of drug-likeness (QED) is 0.795. The minimum Gasteiger partial charge on any atom is -0.390 e. The molecule has 1 saturated heterocycles. The van der Waals surface area contributed by atoms with Crippen molar-refractivity contribution in [3.05, 3.63) is 29.0 Å². The Kier molecular flexibility index (Phi) is 4.80. The predicted octanol–water partition coefficient (Wildman–Crippen LogP) is 4.17. The normalized spacial score (nSPS) is 26.8. The summed E-state index contributed by atoms with van der Waals surface area (Å²) in [5.41, 5.74) is 0.631. The minimum atomic E-state index is -0.713. The van der Waals surface area contributed by atoms with E-state index in [2.05, 4.69) is 11.9 Å². The van der Waals surface area contributed by atoms with E-state index < -0.39 is 5.60 Å².